The van der Waals surface area contributed by atoms with Gasteiger partial charge in [-0.15, -0.1) is 0 Å². The highest BCUT2D eigenvalue weighted by atomic mass is 16.5. The minimum absolute atomic E-state index is 0.297. The highest BCUT2D eigenvalue weighted by Gasteiger charge is 2.23. The monoisotopic (exact) mass is 281 g/mol. The van der Waals surface area contributed by atoms with Gasteiger partial charge in [0.05, 0.1) is 25.9 Å². The Morgan fingerprint density at radius 1 is 1.50 bits per heavy atom. The first-order chi connectivity index (χ1) is 9.49. The summed E-state index contributed by atoms with van der Waals surface area (Å²) in [6.07, 6.45) is 2.90. The summed E-state index contributed by atoms with van der Waals surface area (Å²) in [5, 5.41) is 0. The Morgan fingerprint density at radius 2 is 2.25 bits per heavy atom. The van der Waals surface area contributed by atoms with Gasteiger partial charge in [-0.25, -0.2) is 4.79 Å². The maximum Gasteiger partial charge on any atom is 0.341 e. The molecule has 2 heterocycles. The first-order valence-corrected chi connectivity index (χ1v) is 7.01. The van der Waals surface area contributed by atoms with Gasteiger partial charge in [-0.05, 0) is 39.8 Å². The Labute approximate surface area is 119 Å². The Bertz CT molecular complexity index is 468. The van der Waals surface area contributed by atoms with Crippen LogP contribution in [-0.4, -0.2) is 43.8 Å². The Hall–Kier alpha value is -1.33. The number of rotatable bonds is 5. The molecule has 5 nitrogen and oxygen atoms in total. The first-order valence-electron chi connectivity index (χ1n) is 7.01. The van der Waals surface area contributed by atoms with Crippen LogP contribution in [0.3, 0.4) is 0 Å². The van der Waals surface area contributed by atoms with Gasteiger partial charge in [0.15, 0.2) is 0 Å². The van der Waals surface area contributed by atoms with Crippen molar-refractivity contribution in [3.05, 3.63) is 23.2 Å². The number of aryl methyl sites for hydroxylation is 1. The van der Waals surface area contributed by atoms with Gasteiger partial charge in [0, 0.05) is 6.54 Å². The van der Waals surface area contributed by atoms with Crippen LogP contribution in [0.5, 0.6) is 0 Å². The highest BCUT2D eigenvalue weighted by molar-refractivity contribution is 5.90. The van der Waals surface area contributed by atoms with Crippen LogP contribution in [0.25, 0.3) is 0 Å². The van der Waals surface area contributed by atoms with Crippen molar-refractivity contribution in [3.8, 4) is 0 Å². The quantitative estimate of drug-likeness (QED) is 0.776. The van der Waals surface area contributed by atoms with Crippen molar-refractivity contribution in [1.29, 1.82) is 0 Å². The van der Waals surface area contributed by atoms with Crippen LogP contribution in [0.1, 0.15) is 41.6 Å². The summed E-state index contributed by atoms with van der Waals surface area (Å²) in [6, 6.07) is 1.76. The molecule has 0 saturated carbocycles. The fourth-order valence-corrected chi connectivity index (χ4v) is 2.63. The van der Waals surface area contributed by atoms with Gasteiger partial charge in [-0.3, -0.25) is 4.90 Å². The van der Waals surface area contributed by atoms with Gasteiger partial charge >= 0.3 is 5.97 Å². The average Bonchev–Trinajstić information content (AvgIpc) is 2.94. The molecule has 2 rings (SSSR count). The predicted octanol–water partition coefficient (Wildman–Crippen LogP) is 2.37. The van der Waals surface area contributed by atoms with Crippen molar-refractivity contribution in [2.75, 3.05) is 20.7 Å². The molecule has 0 spiro atoms. The number of hydrogen-bond donors (Lipinski definition) is 0. The highest BCUT2D eigenvalue weighted by Crippen LogP contribution is 2.21. The van der Waals surface area contributed by atoms with Crippen LogP contribution >= 0.6 is 0 Å². The van der Waals surface area contributed by atoms with E-state index >= 15 is 0 Å². The molecule has 0 radical (unpaired) electrons. The van der Waals surface area contributed by atoms with E-state index in [0.717, 1.165) is 25.1 Å². The number of carbonyl (C=O) groups is 1. The van der Waals surface area contributed by atoms with E-state index in [1.54, 1.807) is 13.0 Å². The molecule has 1 aromatic heterocycles. The summed E-state index contributed by atoms with van der Waals surface area (Å²) in [5.74, 6) is 1.02. The van der Waals surface area contributed by atoms with E-state index in [4.69, 9.17) is 13.9 Å². The molecule has 0 aromatic carbocycles. The topological polar surface area (TPSA) is 51.9 Å². The number of hydrogen-bond acceptors (Lipinski definition) is 5. The molecule has 1 fully saturated rings. The molecule has 112 valence electrons. The normalized spacial score (nSPS) is 22.4. The Kier molecular flexibility index (Phi) is 4.83. The van der Waals surface area contributed by atoms with Crippen LogP contribution in [0.4, 0.5) is 0 Å². The average molecular weight is 281 g/mol. The van der Waals surface area contributed by atoms with Crippen molar-refractivity contribution < 1.29 is 18.7 Å². The third kappa shape index (κ3) is 3.61. The molecule has 1 aliphatic rings. The van der Waals surface area contributed by atoms with E-state index in [1.807, 2.05) is 7.05 Å². The van der Waals surface area contributed by atoms with Crippen molar-refractivity contribution >= 4 is 5.97 Å². The van der Waals surface area contributed by atoms with E-state index in [-0.39, 0.29) is 5.97 Å². The molecule has 1 saturated heterocycles. The van der Waals surface area contributed by atoms with Gasteiger partial charge in [0.25, 0.3) is 0 Å². The van der Waals surface area contributed by atoms with Crippen molar-refractivity contribution in [2.24, 2.45) is 0 Å². The first kappa shape index (κ1) is 15.1. The number of ether oxygens (including phenoxy) is 2. The molecule has 5 heteroatoms. The zero-order valence-electron chi connectivity index (χ0n) is 12.6. The summed E-state index contributed by atoms with van der Waals surface area (Å²) >= 11 is 0. The molecular formula is C15H23NO4. The second-order valence-electron chi connectivity index (χ2n) is 5.52. The SMILES string of the molecule is COC(=O)c1cc(CN(C)CC2CCC(C)O2)oc1C. The molecule has 0 amide bonds. The minimum Gasteiger partial charge on any atom is -0.465 e. The smallest absolute Gasteiger partial charge is 0.341 e. The lowest BCUT2D eigenvalue weighted by Crippen LogP contribution is -2.28. The van der Waals surface area contributed by atoms with E-state index in [1.165, 1.54) is 7.11 Å². The van der Waals surface area contributed by atoms with Gasteiger partial charge in [-0.2, -0.15) is 0 Å². The number of likely N-dealkylation sites (N-methyl/N-ethyl adjacent to an activating group) is 1. The fraction of sp³-hybridized carbons (Fsp3) is 0.667. The summed E-state index contributed by atoms with van der Waals surface area (Å²) < 4.78 is 16.1. The number of furan rings is 1. The van der Waals surface area contributed by atoms with Gasteiger partial charge < -0.3 is 13.9 Å². The summed E-state index contributed by atoms with van der Waals surface area (Å²) in [5.41, 5.74) is 0.502. The number of nitrogens with zero attached hydrogens (tertiary/aromatic N) is 1. The summed E-state index contributed by atoms with van der Waals surface area (Å²) in [7, 11) is 3.40. The summed E-state index contributed by atoms with van der Waals surface area (Å²) in [6.45, 7) is 5.42. The number of esters is 1. The third-order valence-corrected chi connectivity index (χ3v) is 3.64. The molecule has 2 atom stereocenters. The van der Waals surface area contributed by atoms with Crippen LogP contribution in [0, 0.1) is 6.92 Å². The molecular weight excluding hydrogens is 258 g/mol. The lowest BCUT2D eigenvalue weighted by molar-refractivity contribution is 0.0341. The second kappa shape index (κ2) is 6.41. The maximum atomic E-state index is 11.5. The summed E-state index contributed by atoms with van der Waals surface area (Å²) in [4.78, 5) is 13.7. The molecule has 1 aliphatic heterocycles. The van der Waals surface area contributed by atoms with E-state index in [0.29, 0.717) is 30.1 Å². The molecule has 2 unspecified atom stereocenters. The van der Waals surface area contributed by atoms with E-state index in [2.05, 4.69) is 11.8 Å². The molecule has 20 heavy (non-hydrogen) atoms. The largest absolute Gasteiger partial charge is 0.465 e. The molecule has 0 bridgehead atoms. The van der Waals surface area contributed by atoms with Crippen LogP contribution in [0.2, 0.25) is 0 Å². The van der Waals surface area contributed by atoms with E-state index in [9.17, 15) is 4.79 Å². The van der Waals surface area contributed by atoms with Crippen molar-refractivity contribution in [2.45, 2.75) is 45.4 Å². The predicted molar refractivity (Wildman–Crippen MR) is 74.7 cm³/mol. The molecule has 0 N–H and O–H groups in total. The second-order valence-corrected chi connectivity index (χ2v) is 5.52. The van der Waals surface area contributed by atoms with Crippen LogP contribution in [-0.2, 0) is 16.0 Å². The molecule has 1 aromatic rings. The van der Waals surface area contributed by atoms with Crippen LogP contribution < -0.4 is 0 Å². The van der Waals surface area contributed by atoms with Gasteiger partial charge in [-0.1, -0.05) is 0 Å². The van der Waals surface area contributed by atoms with Crippen LogP contribution in [0.15, 0.2) is 10.5 Å². The number of carbonyl (C=O) groups excluding carboxylic acids is 1. The van der Waals surface area contributed by atoms with Crippen molar-refractivity contribution in [3.63, 3.8) is 0 Å². The third-order valence-electron chi connectivity index (χ3n) is 3.64. The standard InChI is InChI=1S/C15H23NO4/c1-10-5-6-12(19-10)8-16(3)9-13-7-14(11(2)20-13)15(17)18-4/h7,10,12H,5-6,8-9H2,1-4H3. The Balaban J connectivity index is 1.91. The lowest BCUT2D eigenvalue weighted by Gasteiger charge is -2.19. The maximum absolute atomic E-state index is 11.5. The number of methoxy groups -OCH3 is 1. The van der Waals surface area contributed by atoms with E-state index < -0.39 is 0 Å². The molecule has 0 aliphatic carbocycles. The lowest BCUT2D eigenvalue weighted by atomic mass is 10.2. The fourth-order valence-electron chi connectivity index (χ4n) is 2.63. The van der Waals surface area contributed by atoms with Crippen molar-refractivity contribution in [1.82, 2.24) is 4.90 Å². The van der Waals surface area contributed by atoms with Gasteiger partial charge in [0.1, 0.15) is 17.1 Å². The minimum atomic E-state index is -0.354. The Morgan fingerprint density at radius 3 is 2.85 bits per heavy atom. The zero-order valence-corrected chi connectivity index (χ0v) is 12.6. The van der Waals surface area contributed by atoms with Gasteiger partial charge in [0.2, 0.25) is 0 Å². The zero-order chi connectivity index (χ0) is 14.7.